The second-order valence-electron chi connectivity index (χ2n) is 9.77. The van der Waals surface area contributed by atoms with Crippen LogP contribution in [-0.4, -0.2) is 89.4 Å². The van der Waals surface area contributed by atoms with E-state index >= 15 is 0 Å². The van der Waals surface area contributed by atoms with Crippen molar-refractivity contribution >= 4 is 34.1 Å². The number of halogens is 1. The Kier molecular flexibility index (Phi) is 8.37. The molecule has 2 aromatic heterocycles. The molecule has 3 heterocycles. The number of piperazine rings is 1. The minimum atomic E-state index is -0.499. The van der Waals surface area contributed by atoms with E-state index in [1.54, 1.807) is 30.2 Å². The van der Waals surface area contributed by atoms with Gasteiger partial charge in [-0.1, -0.05) is 6.07 Å². The van der Waals surface area contributed by atoms with E-state index < -0.39 is 11.7 Å². The van der Waals surface area contributed by atoms with E-state index in [4.69, 9.17) is 15.2 Å². The topological polar surface area (TPSA) is 126 Å². The predicted octanol–water partition coefficient (Wildman–Crippen LogP) is 3.01. The summed E-state index contributed by atoms with van der Waals surface area (Å²) in [5.41, 5.74) is 6.99. The Morgan fingerprint density at radius 3 is 2.70 bits per heavy atom. The Morgan fingerprint density at radius 1 is 1.12 bits per heavy atom. The standard InChI is InChI=1S/C28H33FN8O3/c1-35-8-10-36(11-9-35)7-4-12-40-25-17-23-22(16-24(25)39-2)28(32-18-31-23)37(21-6-3-5-19(29)13-21)27-15-20(33-34-27)14-26(30)38/h3,5-6,13,15-18H,4,7-12,14H2,1-2H3,(H2,30,38)(H,33,34). The molecule has 12 heteroatoms. The zero-order valence-electron chi connectivity index (χ0n) is 22.6. The average Bonchev–Trinajstić information content (AvgIpc) is 3.39. The quantitative estimate of drug-likeness (QED) is 0.272. The molecule has 1 aliphatic heterocycles. The molecule has 0 spiro atoms. The molecule has 5 rings (SSSR count). The third-order valence-electron chi connectivity index (χ3n) is 6.86. The van der Waals surface area contributed by atoms with Gasteiger partial charge in [-0.2, -0.15) is 5.10 Å². The second-order valence-corrected chi connectivity index (χ2v) is 9.77. The molecular weight excluding hydrogens is 515 g/mol. The fraction of sp³-hybridized carbons (Fsp3) is 0.357. The summed E-state index contributed by atoms with van der Waals surface area (Å²) in [4.78, 5) is 26.9. The molecule has 3 N–H and O–H groups in total. The number of carbonyl (C=O) groups excluding carboxylic acids is 1. The number of hydrogen-bond acceptors (Lipinski definition) is 9. The lowest BCUT2D eigenvalue weighted by atomic mass is 10.1. The summed E-state index contributed by atoms with van der Waals surface area (Å²) in [5.74, 6) is 1.05. The number of rotatable bonds is 11. The first-order valence-electron chi connectivity index (χ1n) is 13.2. The number of aromatic nitrogens is 4. The Hall–Kier alpha value is -4.29. The molecule has 0 bridgehead atoms. The maximum absolute atomic E-state index is 14.3. The molecule has 0 unspecified atom stereocenters. The number of amides is 1. The van der Waals surface area contributed by atoms with Crippen LogP contribution in [0.25, 0.3) is 10.9 Å². The highest BCUT2D eigenvalue weighted by Crippen LogP contribution is 2.40. The number of likely N-dealkylation sites (N-methyl/N-ethyl adjacent to an activating group) is 1. The van der Waals surface area contributed by atoms with Gasteiger partial charge in [0, 0.05) is 55.9 Å². The molecule has 2 aromatic carbocycles. The molecule has 1 saturated heterocycles. The molecule has 0 saturated carbocycles. The fourth-order valence-corrected chi connectivity index (χ4v) is 4.76. The van der Waals surface area contributed by atoms with Crippen LogP contribution in [-0.2, 0) is 11.2 Å². The normalized spacial score (nSPS) is 14.4. The molecule has 11 nitrogen and oxygen atoms in total. The first-order valence-corrected chi connectivity index (χ1v) is 13.2. The molecular formula is C28H33FN8O3. The Balaban J connectivity index is 1.44. The zero-order chi connectivity index (χ0) is 28.1. The summed E-state index contributed by atoms with van der Waals surface area (Å²) in [6.07, 6.45) is 2.31. The number of benzene rings is 2. The van der Waals surface area contributed by atoms with Gasteiger partial charge in [-0.05, 0) is 37.7 Å². The predicted molar refractivity (Wildman–Crippen MR) is 150 cm³/mol. The monoisotopic (exact) mass is 548 g/mol. The summed E-state index contributed by atoms with van der Waals surface area (Å²) in [5, 5.41) is 7.83. The van der Waals surface area contributed by atoms with Crippen LogP contribution in [0.2, 0.25) is 0 Å². The van der Waals surface area contributed by atoms with Crippen LogP contribution in [0.5, 0.6) is 11.5 Å². The van der Waals surface area contributed by atoms with Gasteiger partial charge in [0.05, 0.1) is 31.3 Å². The van der Waals surface area contributed by atoms with E-state index in [0.29, 0.717) is 52.0 Å². The molecule has 210 valence electrons. The van der Waals surface area contributed by atoms with Gasteiger partial charge in [-0.15, -0.1) is 0 Å². The number of H-pyrrole nitrogens is 1. The van der Waals surface area contributed by atoms with Gasteiger partial charge in [-0.25, -0.2) is 14.4 Å². The maximum Gasteiger partial charge on any atom is 0.223 e. The number of carbonyl (C=O) groups is 1. The largest absolute Gasteiger partial charge is 0.493 e. The number of methoxy groups -OCH3 is 1. The van der Waals surface area contributed by atoms with Crippen molar-refractivity contribution in [1.29, 1.82) is 0 Å². The number of nitrogens with two attached hydrogens (primary N) is 1. The summed E-state index contributed by atoms with van der Waals surface area (Å²) >= 11 is 0. The first kappa shape index (κ1) is 27.3. The highest BCUT2D eigenvalue weighted by atomic mass is 19.1. The molecule has 1 fully saturated rings. The SMILES string of the molecule is COc1cc2c(N(c3cccc(F)c3)c3cc(CC(N)=O)[nH]n3)ncnc2cc1OCCCN1CCN(C)CC1. The number of hydrogen-bond donors (Lipinski definition) is 2. The Morgan fingerprint density at radius 2 is 1.95 bits per heavy atom. The van der Waals surface area contributed by atoms with Crippen molar-refractivity contribution in [3.63, 3.8) is 0 Å². The summed E-state index contributed by atoms with van der Waals surface area (Å²) in [7, 11) is 3.73. The maximum atomic E-state index is 14.3. The Labute approximate surface area is 231 Å². The molecule has 0 aliphatic carbocycles. The number of ether oxygens (including phenoxy) is 2. The van der Waals surface area contributed by atoms with Crippen LogP contribution in [0, 0.1) is 5.82 Å². The van der Waals surface area contributed by atoms with Gasteiger partial charge in [0.1, 0.15) is 18.0 Å². The van der Waals surface area contributed by atoms with E-state index in [0.717, 1.165) is 39.1 Å². The fourth-order valence-electron chi connectivity index (χ4n) is 4.76. The lowest BCUT2D eigenvalue weighted by molar-refractivity contribution is -0.117. The number of nitrogens with zero attached hydrogens (tertiary/aromatic N) is 6. The average molecular weight is 549 g/mol. The van der Waals surface area contributed by atoms with Crippen LogP contribution in [0.3, 0.4) is 0 Å². The van der Waals surface area contributed by atoms with Crippen molar-refractivity contribution in [1.82, 2.24) is 30.0 Å². The van der Waals surface area contributed by atoms with Crippen molar-refractivity contribution in [2.24, 2.45) is 5.73 Å². The number of fused-ring (bicyclic) bond motifs is 1. The highest BCUT2D eigenvalue weighted by molar-refractivity contribution is 5.96. The third kappa shape index (κ3) is 6.29. The lowest BCUT2D eigenvalue weighted by Gasteiger charge is -2.32. The van der Waals surface area contributed by atoms with Gasteiger partial charge >= 0.3 is 0 Å². The van der Waals surface area contributed by atoms with E-state index in [9.17, 15) is 9.18 Å². The van der Waals surface area contributed by atoms with E-state index in [-0.39, 0.29) is 6.42 Å². The minimum absolute atomic E-state index is 0.0160. The van der Waals surface area contributed by atoms with Crippen LogP contribution in [0.1, 0.15) is 12.1 Å². The Bertz CT molecular complexity index is 1470. The third-order valence-corrected chi connectivity index (χ3v) is 6.86. The number of primary amides is 1. The van der Waals surface area contributed by atoms with Crippen molar-refractivity contribution < 1.29 is 18.7 Å². The van der Waals surface area contributed by atoms with Crippen molar-refractivity contribution in [3.05, 3.63) is 60.3 Å². The summed E-state index contributed by atoms with van der Waals surface area (Å²) in [6.45, 7) is 5.81. The van der Waals surface area contributed by atoms with Crippen LogP contribution < -0.4 is 20.1 Å². The van der Waals surface area contributed by atoms with E-state index in [2.05, 4.69) is 37.0 Å². The van der Waals surface area contributed by atoms with Gasteiger partial charge in [0.2, 0.25) is 5.91 Å². The molecule has 1 amide bonds. The molecule has 1 aliphatic rings. The number of anilines is 3. The number of nitrogens with one attached hydrogen (secondary N) is 1. The molecule has 0 radical (unpaired) electrons. The smallest absolute Gasteiger partial charge is 0.223 e. The molecule has 40 heavy (non-hydrogen) atoms. The first-order chi connectivity index (χ1) is 19.4. The van der Waals surface area contributed by atoms with Crippen LogP contribution in [0.4, 0.5) is 21.7 Å². The lowest BCUT2D eigenvalue weighted by Crippen LogP contribution is -2.44. The summed E-state index contributed by atoms with van der Waals surface area (Å²) < 4.78 is 26.1. The highest BCUT2D eigenvalue weighted by Gasteiger charge is 2.22. The van der Waals surface area contributed by atoms with Gasteiger partial charge in [0.15, 0.2) is 17.3 Å². The van der Waals surface area contributed by atoms with Crippen molar-refractivity contribution in [2.45, 2.75) is 12.8 Å². The minimum Gasteiger partial charge on any atom is -0.493 e. The molecule has 0 atom stereocenters. The van der Waals surface area contributed by atoms with Gasteiger partial charge in [-0.3, -0.25) is 14.8 Å². The zero-order valence-corrected chi connectivity index (χ0v) is 22.6. The van der Waals surface area contributed by atoms with E-state index in [1.165, 1.54) is 18.5 Å². The second kappa shape index (κ2) is 12.3. The van der Waals surface area contributed by atoms with Gasteiger partial charge < -0.3 is 25.0 Å². The number of aromatic amines is 1. The van der Waals surface area contributed by atoms with Crippen LogP contribution in [0.15, 0.2) is 48.8 Å². The van der Waals surface area contributed by atoms with Crippen molar-refractivity contribution in [2.75, 3.05) is 58.4 Å². The van der Waals surface area contributed by atoms with Crippen molar-refractivity contribution in [3.8, 4) is 11.5 Å². The molecule has 4 aromatic rings. The van der Waals surface area contributed by atoms with Gasteiger partial charge in [0.25, 0.3) is 0 Å². The van der Waals surface area contributed by atoms with E-state index in [1.807, 2.05) is 12.1 Å². The van der Waals surface area contributed by atoms with Crippen LogP contribution >= 0.6 is 0 Å². The summed E-state index contributed by atoms with van der Waals surface area (Å²) in [6, 6.07) is 11.4.